The lowest BCUT2D eigenvalue weighted by molar-refractivity contribution is 0.269. The van der Waals surface area contributed by atoms with Gasteiger partial charge in [-0.3, -0.25) is 0 Å². The monoisotopic (exact) mass is 186 g/mol. The van der Waals surface area contributed by atoms with E-state index in [4.69, 9.17) is 10.8 Å². The number of nitrogens with zero attached hydrogens (tertiary/aromatic N) is 1. The molecule has 0 fully saturated rings. The summed E-state index contributed by atoms with van der Waals surface area (Å²) in [5.74, 6) is 0.204. The van der Waals surface area contributed by atoms with Crippen molar-refractivity contribution < 1.29 is 5.11 Å². The van der Waals surface area contributed by atoms with E-state index in [1.54, 1.807) is 17.5 Å². The van der Waals surface area contributed by atoms with Gasteiger partial charge in [0.1, 0.15) is 0 Å². The molecule has 0 aromatic carbocycles. The summed E-state index contributed by atoms with van der Waals surface area (Å²) in [6.07, 6.45) is 2.47. The molecular formula is C8H14N2OS. The highest BCUT2D eigenvalue weighted by Gasteiger charge is 2.17. The van der Waals surface area contributed by atoms with Gasteiger partial charge >= 0.3 is 0 Å². The topological polar surface area (TPSA) is 59.1 Å². The van der Waals surface area contributed by atoms with Gasteiger partial charge in [0.05, 0.1) is 5.01 Å². The third-order valence-corrected chi connectivity index (χ3v) is 2.75. The van der Waals surface area contributed by atoms with Crippen molar-refractivity contribution in [1.29, 1.82) is 0 Å². The first kappa shape index (κ1) is 9.64. The van der Waals surface area contributed by atoms with E-state index >= 15 is 0 Å². The average molecular weight is 186 g/mol. The van der Waals surface area contributed by atoms with Gasteiger partial charge in [0.2, 0.25) is 0 Å². The highest BCUT2D eigenvalue weighted by atomic mass is 32.1. The molecule has 2 atom stereocenters. The molecule has 12 heavy (non-hydrogen) atoms. The number of thiazole rings is 1. The Balaban J connectivity index is 2.66. The Bertz CT molecular complexity index is 211. The average Bonchev–Trinajstić information content (AvgIpc) is 2.51. The zero-order valence-corrected chi connectivity index (χ0v) is 7.92. The molecule has 0 aliphatic carbocycles. The highest BCUT2D eigenvalue weighted by molar-refractivity contribution is 7.09. The number of hydrogen-bond donors (Lipinski definition) is 2. The van der Waals surface area contributed by atoms with Gasteiger partial charge in [0.15, 0.2) is 0 Å². The Morgan fingerprint density at radius 2 is 2.50 bits per heavy atom. The van der Waals surface area contributed by atoms with Crippen LogP contribution >= 0.6 is 11.3 Å². The van der Waals surface area contributed by atoms with E-state index in [-0.39, 0.29) is 18.6 Å². The Morgan fingerprint density at radius 1 is 1.75 bits per heavy atom. The van der Waals surface area contributed by atoms with E-state index in [2.05, 4.69) is 4.98 Å². The number of aromatic nitrogens is 1. The molecule has 0 saturated carbocycles. The second-order valence-corrected chi connectivity index (χ2v) is 3.77. The second-order valence-electron chi connectivity index (χ2n) is 2.85. The standard InChI is InChI=1S/C8H14N2OS/c1-6(9)7(2-4-11)8-10-3-5-12-8/h3,5-7,11H,2,4,9H2,1H3. The summed E-state index contributed by atoms with van der Waals surface area (Å²) in [6, 6.07) is 0.0586. The lowest BCUT2D eigenvalue weighted by Crippen LogP contribution is -2.25. The fourth-order valence-electron chi connectivity index (χ4n) is 1.17. The van der Waals surface area contributed by atoms with E-state index < -0.39 is 0 Å². The third-order valence-electron chi connectivity index (χ3n) is 1.84. The summed E-state index contributed by atoms with van der Waals surface area (Å²) in [7, 11) is 0. The van der Waals surface area contributed by atoms with Crippen LogP contribution in [0.2, 0.25) is 0 Å². The van der Waals surface area contributed by atoms with Gasteiger partial charge in [0.25, 0.3) is 0 Å². The molecule has 1 rings (SSSR count). The van der Waals surface area contributed by atoms with Crippen LogP contribution in [0.4, 0.5) is 0 Å². The first-order chi connectivity index (χ1) is 5.75. The Kier molecular flexibility index (Phi) is 3.65. The predicted molar refractivity (Wildman–Crippen MR) is 50.2 cm³/mol. The molecule has 0 aliphatic heterocycles. The van der Waals surface area contributed by atoms with E-state index in [1.165, 1.54) is 0 Å². The molecule has 1 aromatic rings. The molecule has 1 heterocycles. The molecule has 68 valence electrons. The lowest BCUT2D eigenvalue weighted by Gasteiger charge is -2.16. The molecule has 3 nitrogen and oxygen atoms in total. The van der Waals surface area contributed by atoms with E-state index in [9.17, 15) is 0 Å². The number of aliphatic hydroxyl groups excluding tert-OH is 1. The largest absolute Gasteiger partial charge is 0.396 e. The minimum absolute atomic E-state index is 0.0586. The van der Waals surface area contributed by atoms with Gasteiger partial charge in [-0.05, 0) is 13.3 Å². The van der Waals surface area contributed by atoms with Gasteiger partial charge in [0, 0.05) is 30.1 Å². The fourth-order valence-corrected chi connectivity index (χ4v) is 2.06. The smallest absolute Gasteiger partial charge is 0.0972 e. The van der Waals surface area contributed by atoms with Crippen molar-refractivity contribution >= 4 is 11.3 Å². The molecule has 0 saturated heterocycles. The summed E-state index contributed by atoms with van der Waals surface area (Å²) in [6.45, 7) is 2.12. The summed E-state index contributed by atoms with van der Waals surface area (Å²) in [4.78, 5) is 4.18. The number of nitrogens with two attached hydrogens (primary N) is 1. The molecular weight excluding hydrogens is 172 g/mol. The van der Waals surface area contributed by atoms with E-state index in [0.717, 1.165) is 5.01 Å². The molecule has 0 spiro atoms. The minimum Gasteiger partial charge on any atom is -0.396 e. The van der Waals surface area contributed by atoms with Crippen molar-refractivity contribution in [3.05, 3.63) is 16.6 Å². The molecule has 0 aliphatic rings. The maximum atomic E-state index is 8.81. The van der Waals surface area contributed by atoms with Crippen LogP contribution in [0, 0.1) is 0 Å². The summed E-state index contributed by atoms with van der Waals surface area (Å²) in [5, 5.41) is 11.8. The minimum atomic E-state index is 0.0586. The summed E-state index contributed by atoms with van der Waals surface area (Å²) >= 11 is 1.60. The van der Waals surface area contributed by atoms with Crippen LogP contribution in [0.15, 0.2) is 11.6 Å². The normalized spacial score (nSPS) is 15.9. The predicted octanol–water partition coefficient (Wildman–Crippen LogP) is 0.956. The van der Waals surface area contributed by atoms with Crippen LogP contribution in [0.3, 0.4) is 0 Å². The molecule has 2 unspecified atom stereocenters. The second kappa shape index (κ2) is 4.54. The van der Waals surface area contributed by atoms with Crippen LogP contribution in [0.5, 0.6) is 0 Å². The van der Waals surface area contributed by atoms with Gasteiger partial charge in [-0.2, -0.15) is 0 Å². The van der Waals surface area contributed by atoms with Crippen LogP contribution < -0.4 is 5.73 Å². The van der Waals surface area contributed by atoms with Crippen molar-refractivity contribution in [1.82, 2.24) is 4.98 Å². The summed E-state index contributed by atoms with van der Waals surface area (Å²) in [5.41, 5.74) is 5.77. The Hall–Kier alpha value is -0.450. The summed E-state index contributed by atoms with van der Waals surface area (Å²) < 4.78 is 0. The maximum absolute atomic E-state index is 8.81. The van der Waals surface area contributed by atoms with Gasteiger partial charge < -0.3 is 10.8 Å². The quantitative estimate of drug-likeness (QED) is 0.736. The highest BCUT2D eigenvalue weighted by Crippen LogP contribution is 2.23. The zero-order chi connectivity index (χ0) is 8.97. The Morgan fingerprint density at radius 3 is 2.92 bits per heavy atom. The molecule has 3 N–H and O–H groups in total. The fraction of sp³-hybridized carbons (Fsp3) is 0.625. The van der Waals surface area contributed by atoms with Gasteiger partial charge in [-0.1, -0.05) is 0 Å². The third kappa shape index (κ3) is 2.27. The van der Waals surface area contributed by atoms with Crippen molar-refractivity contribution in [2.24, 2.45) is 5.73 Å². The lowest BCUT2D eigenvalue weighted by atomic mass is 9.99. The SMILES string of the molecule is CC(N)C(CCO)c1nccs1. The molecule has 4 heteroatoms. The zero-order valence-electron chi connectivity index (χ0n) is 7.10. The Labute approximate surface area is 76.3 Å². The van der Waals surface area contributed by atoms with Crippen molar-refractivity contribution in [3.8, 4) is 0 Å². The molecule has 0 bridgehead atoms. The van der Waals surface area contributed by atoms with Crippen LogP contribution in [0.1, 0.15) is 24.3 Å². The van der Waals surface area contributed by atoms with Crippen LogP contribution in [-0.4, -0.2) is 22.7 Å². The van der Waals surface area contributed by atoms with Gasteiger partial charge in [-0.25, -0.2) is 4.98 Å². The first-order valence-corrected chi connectivity index (χ1v) is 4.89. The van der Waals surface area contributed by atoms with Crippen molar-refractivity contribution in [2.75, 3.05) is 6.61 Å². The molecule has 1 aromatic heterocycles. The maximum Gasteiger partial charge on any atom is 0.0972 e. The van der Waals surface area contributed by atoms with Crippen molar-refractivity contribution in [3.63, 3.8) is 0 Å². The van der Waals surface area contributed by atoms with E-state index in [0.29, 0.717) is 6.42 Å². The number of hydrogen-bond acceptors (Lipinski definition) is 4. The van der Waals surface area contributed by atoms with Crippen LogP contribution in [-0.2, 0) is 0 Å². The van der Waals surface area contributed by atoms with E-state index in [1.807, 2.05) is 12.3 Å². The molecule has 0 radical (unpaired) electrons. The van der Waals surface area contributed by atoms with Crippen LogP contribution in [0.25, 0.3) is 0 Å². The number of rotatable bonds is 4. The van der Waals surface area contributed by atoms with Crippen molar-refractivity contribution in [2.45, 2.75) is 25.3 Å². The number of aliphatic hydroxyl groups is 1. The molecule has 0 amide bonds. The first-order valence-electron chi connectivity index (χ1n) is 4.01. The van der Waals surface area contributed by atoms with Gasteiger partial charge in [-0.15, -0.1) is 11.3 Å².